The molecule has 0 saturated heterocycles. The maximum atomic E-state index is 13.4. The zero-order chi connectivity index (χ0) is 22.7. The van der Waals surface area contributed by atoms with E-state index in [0.29, 0.717) is 18.1 Å². The topological polar surface area (TPSA) is 99.7 Å². The summed E-state index contributed by atoms with van der Waals surface area (Å²) < 4.78 is 0. The van der Waals surface area contributed by atoms with Crippen molar-refractivity contribution in [2.75, 3.05) is 10.6 Å². The summed E-state index contributed by atoms with van der Waals surface area (Å²) in [6.45, 7) is 2.29. The molecule has 0 atom stereocenters. The highest BCUT2D eigenvalue weighted by Gasteiger charge is 2.21. The first-order valence-corrected chi connectivity index (χ1v) is 10.1. The molecule has 3 aromatic carbocycles. The molecule has 4 rings (SSSR count). The number of hydrogen-bond donors (Lipinski definition) is 3. The number of phenolic OH excluding ortho intramolecular Hbond substituents is 2. The van der Waals surface area contributed by atoms with E-state index in [1.165, 1.54) is 12.1 Å². The van der Waals surface area contributed by atoms with E-state index >= 15 is 0 Å². The number of aromatic nitrogens is 1. The van der Waals surface area contributed by atoms with Crippen molar-refractivity contribution >= 4 is 17.4 Å². The van der Waals surface area contributed by atoms with Gasteiger partial charge in [-0.3, -0.25) is 4.79 Å². The van der Waals surface area contributed by atoms with Crippen LogP contribution in [-0.4, -0.2) is 21.1 Å². The van der Waals surface area contributed by atoms with E-state index in [9.17, 15) is 15.0 Å². The van der Waals surface area contributed by atoms with E-state index < -0.39 is 0 Å². The van der Waals surface area contributed by atoms with Crippen LogP contribution in [0.4, 0.5) is 11.5 Å². The average molecular weight is 425 g/mol. The molecule has 0 radical (unpaired) electrons. The van der Waals surface area contributed by atoms with Crippen molar-refractivity contribution in [3.63, 3.8) is 0 Å². The molecule has 0 saturated carbocycles. The number of benzene rings is 3. The van der Waals surface area contributed by atoms with Gasteiger partial charge in [0, 0.05) is 23.5 Å². The smallest absolute Gasteiger partial charge is 0.262 e. The van der Waals surface area contributed by atoms with Gasteiger partial charge in [-0.1, -0.05) is 42.5 Å². The van der Waals surface area contributed by atoms with Gasteiger partial charge >= 0.3 is 0 Å². The Morgan fingerprint density at radius 2 is 1.69 bits per heavy atom. The molecule has 0 unspecified atom stereocenters. The molecule has 6 nitrogen and oxygen atoms in total. The second-order valence-electron chi connectivity index (χ2n) is 7.55. The number of pyridine rings is 1. The van der Waals surface area contributed by atoms with E-state index in [4.69, 9.17) is 5.73 Å². The van der Waals surface area contributed by atoms with Crippen LogP contribution in [-0.2, 0) is 6.54 Å². The van der Waals surface area contributed by atoms with Gasteiger partial charge in [-0.05, 0) is 53.9 Å². The predicted octanol–water partition coefficient (Wildman–Crippen LogP) is 4.90. The number of nitrogen functional groups attached to an aromatic ring is 1. The predicted molar refractivity (Wildman–Crippen MR) is 126 cm³/mol. The van der Waals surface area contributed by atoms with Crippen LogP contribution in [0.15, 0.2) is 85.1 Å². The number of aromatic hydroxyl groups is 2. The van der Waals surface area contributed by atoms with Crippen LogP contribution in [0.5, 0.6) is 11.5 Å². The fraction of sp³-hybridized carbons (Fsp3) is 0.0769. The van der Waals surface area contributed by atoms with Crippen LogP contribution in [0.2, 0.25) is 0 Å². The second-order valence-corrected chi connectivity index (χ2v) is 7.55. The first-order valence-electron chi connectivity index (χ1n) is 10.1. The number of anilines is 2. The highest BCUT2D eigenvalue weighted by atomic mass is 16.3. The van der Waals surface area contributed by atoms with Gasteiger partial charge in [0.1, 0.15) is 17.3 Å². The van der Waals surface area contributed by atoms with E-state index in [-0.39, 0.29) is 23.0 Å². The maximum absolute atomic E-state index is 13.4. The molecule has 1 heterocycles. The quantitative estimate of drug-likeness (QED) is 0.422. The van der Waals surface area contributed by atoms with E-state index in [2.05, 4.69) is 4.98 Å². The first kappa shape index (κ1) is 20.9. The summed E-state index contributed by atoms with van der Waals surface area (Å²) in [5.41, 5.74) is 10.4. The Kier molecular flexibility index (Phi) is 5.77. The SMILES string of the molecule is Cc1cc(N)ncc1-c1ccc(N(Cc2ccccc2)C(=O)c2ccc(O)cc2O)cc1. The Bertz CT molecular complexity index is 1260. The Labute approximate surface area is 186 Å². The van der Waals surface area contributed by atoms with Crippen molar-refractivity contribution in [1.82, 2.24) is 4.98 Å². The third-order valence-corrected chi connectivity index (χ3v) is 5.26. The molecule has 4 aromatic rings. The van der Waals surface area contributed by atoms with Crippen molar-refractivity contribution < 1.29 is 15.0 Å². The minimum atomic E-state index is -0.371. The maximum Gasteiger partial charge on any atom is 0.262 e. The summed E-state index contributed by atoms with van der Waals surface area (Å²) in [7, 11) is 0. The number of nitrogens with two attached hydrogens (primary N) is 1. The average Bonchev–Trinajstić information content (AvgIpc) is 2.78. The molecule has 0 fully saturated rings. The van der Waals surface area contributed by atoms with Crippen molar-refractivity contribution in [2.24, 2.45) is 0 Å². The normalized spacial score (nSPS) is 10.7. The Morgan fingerprint density at radius 3 is 2.34 bits per heavy atom. The molecule has 0 aliphatic rings. The zero-order valence-corrected chi connectivity index (χ0v) is 17.6. The van der Waals surface area contributed by atoms with Gasteiger partial charge in [-0.25, -0.2) is 4.98 Å². The lowest BCUT2D eigenvalue weighted by molar-refractivity contribution is 0.0982. The van der Waals surface area contributed by atoms with Gasteiger partial charge in [0.25, 0.3) is 5.91 Å². The molecule has 4 N–H and O–H groups in total. The minimum absolute atomic E-state index is 0.106. The van der Waals surface area contributed by atoms with Crippen LogP contribution in [0.25, 0.3) is 11.1 Å². The molecule has 0 spiro atoms. The number of phenols is 2. The molecule has 32 heavy (non-hydrogen) atoms. The number of carbonyl (C=O) groups excluding carboxylic acids is 1. The van der Waals surface area contributed by atoms with Crippen molar-refractivity contribution in [2.45, 2.75) is 13.5 Å². The number of rotatable bonds is 5. The molecule has 6 heteroatoms. The van der Waals surface area contributed by atoms with Gasteiger partial charge in [0.05, 0.1) is 12.1 Å². The summed E-state index contributed by atoms with van der Waals surface area (Å²) in [5, 5.41) is 19.8. The molecule has 160 valence electrons. The standard InChI is InChI=1S/C26H23N3O3/c1-17-13-25(27)28-15-23(17)19-7-9-20(10-8-19)29(16-18-5-3-2-4-6-18)26(32)22-12-11-21(30)14-24(22)31/h2-15,30-31H,16H2,1H3,(H2,27,28). The van der Waals surface area contributed by atoms with Crippen molar-refractivity contribution in [1.29, 1.82) is 0 Å². The van der Waals surface area contributed by atoms with Gasteiger partial charge < -0.3 is 20.8 Å². The van der Waals surface area contributed by atoms with Crippen molar-refractivity contribution in [3.05, 3.63) is 102 Å². The summed E-state index contributed by atoms with van der Waals surface area (Å²) in [6.07, 6.45) is 1.74. The number of amides is 1. The highest BCUT2D eigenvalue weighted by molar-refractivity contribution is 6.08. The second kappa shape index (κ2) is 8.81. The fourth-order valence-corrected chi connectivity index (χ4v) is 3.59. The summed E-state index contributed by atoms with van der Waals surface area (Å²) in [5.74, 6) is -0.278. The van der Waals surface area contributed by atoms with E-state index in [0.717, 1.165) is 28.3 Å². The summed E-state index contributed by atoms with van der Waals surface area (Å²) in [6, 6.07) is 23.0. The Balaban J connectivity index is 1.71. The van der Waals surface area contributed by atoms with Crippen molar-refractivity contribution in [3.8, 4) is 22.6 Å². The highest BCUT2D eigenvalue weighted by Crippen LogP contribution is 2.30. The van der Waals surface area contributed by atoms with Crippen LogP contribution in [0.1, 0.15) is 21.5 Å². The van der Waals surface area contributed by atoms with Gasteiger partial charge in [-0.2, -0.15) is 0 Å². The summed E-state index contributed by atoms with van der Waals surface area (Å²) >= 11 is 0. The molecular weight excluding hydrogens is 402 g/mol. The molecule has 1 amide bonds. The van der Waals surface area contributed by atoms with E-state index in [1.807, 2.05) is 67.6 Å². The Morgan fingerprint density at radius 1 is 0.969 bits per heavy atom. The fourth-order valence-electron chi connectivity index (χ4n) is 3.59. The lowest BCUT2D eigenvalue weighted by Gasteiger charge is -2.24. The monoisotopic (exact) mass is 425 g/mol. The molecule has 0 aliphatic carbocycles. The lowest BCUT2D eigenvalue weighted by Crippen LogP contribution is -2.30. The molecular formula is C26H23N3O3. The number of nitrogens with zero attached hydrogens (tertiary/aromatic N) is 2. The zero-order valence-electron chi connectivity index (χ0n) is 17.6. The number of carbonyl (C=O) groups is 1. The number of aryl methyl sites for hydroxylation is 1. The number of hydrogen-bond acceptors (Lipinski definition) is 5. The van der Waals surface area contributed by atoms with Gasteiger partial charge in [0.2, 0.25) is 0 Å². The first-order chi connectivity index (χ1) is 15.4. The lowest BCUT2D eigenvalue weighted by atomic mass is 10.0. The third-order valence-electron chi connectivity index (χ3n) is 5.26. The van der Waals surface area contributed by atoms with Gasteiger partial charge in [0.15, 0.2) is 0 Å². The van der Waals surface area contributed by atoms with Crippen LogP contribution >= 0.6 is 0 Å². The van der Waals surface area contributed by atoms with Crippen LogP contribution < -0.4 is 10.6 Å². The molecule has 0 bridgehead atoms. The Hall–Kier alpha value is -4.32. The summed E-state index contributed by atoms with van der Waals surface area (Å²) in [4.78, 5) is 19.2. The molecule has 0 aliphatic heterocycles. The molecule has 1 aromatic heterocycles. The third kappa shape index (κ3) is 4.39. The minimum Gasteiger partial charge on any atom is -0.508 e. The van der Waals surface area contributed by atoms with Crippen LogP contribution in [0.3, 0.4) is 0 Å². The van der Waals surface area contributed by atoms with Crippen LogP contribution in [0, 0.1) is 6.92 Å². The van der Waals surface area contributed by atoms with E-state index in [1.54, 1.807) is 11.1 Å². The van der Waals surface area contributed by atoms with Gasteiger partial charge in [-0.15, -0.1) is 0 Å². The largest absolute Gasteiger partial charge is 0.508 e.